The van der Waals surface area contributed by atoms with E-state index in [-0.39, 0.29) is 0 Å². The van der Waals surface area contributed by atoms with E-state index < -0.39 is 10.0 Å². The fourth-order valence-corrected chi connectivity index (χ4v) is 4.25. The molecule has 17 heavy (non-hydrogen) atoms. The van der Waals surface area contributed by atoms with Crippen molar-refractivity contribution in [2.24, 2.45) is 0 Å². The minimum absolute atomic E-state index is 0.349. The van der Waals surface area contributed by atoms with Crippen LogP contribution in [0, 0.1) is 0 Å². The van der Waals surface area contributed by atoms with Gasteiger partial charge >= 0.3 is 0 Å². The van der Waals surface area contributed by atoms with Gasteiger partial charge in [0, 0.05) is 31.5 Å². The normalized spacial score (nSPS) is 12.2. The minimum atomic E-state index is -3.38. The number of aryl methyl sites for hydroxylation is 1. The SMILES string of the molecule is COCCN(C)S(=O)(=O)c1ccc(CCCl)s1. The Morgan fingerprint density at radius 2 is 2.18 bits per heavy atom. The topological polar surface area (TPSA) is 46.6 Å². The molecule has 0 spiro atoms. The number of methoxy groups -OCH3 is 1. The number of hydrogen-bond acceptors (Lipinski definition) is 4. The second kappa shape index (κ2) is 6.70. The van der Waals surface area contributed by atoms with E-state index in [1.54, 1.807) is 20.2 Å². The van der Waals surface area contributed by atoms with Crippen LogP contribution in [0.4, 0.5) is 0 Å². The number of alkyl halides is 1. The number of ether oxygens (including phenoxy) is 1. The Kier molecular flexibility index (Phi) is 5.88. The molecule has 0 bridgehead atoms. The van der Waals surface area contributed by atoms with Gasteiger partial charge in [0.1, 0.15) is 4.21 Å². The van der Waals surface area contributed by atoms with Gasteiger partial charge in [-0.25, -0.2) is 8.42 Å². The molecule has 1 aromatic heterocycles. The van der Waals surface area contributed by atoms with E-state index in [1.807, 2.05) is 6.07 Å². The predicted octanol–water partition coefficient (Wildman–Crippen LogP) is 1.80. The average Bonchev–Trinajstić information content (AvgIpc) is 2.75. The standard InChI is InChI=1S/C10H16ClNO3S2/c1-12(7-8-15-2)17(13,14)10-4-3-9(16-10)5-6-11/h3-4H,5-8H2,1-2H3. The zero-order valence-electron chi connectivity index (χ0n) is 9.85. The summed E-state index contributed by atoms with van der Waals surface area (Å²) in [6.07, 6.45) is 0.698. The van der Waals surface area contributed by atoms with E-state index in [4.69, 9.17) is 16.3 Å². The molecule has 0 aliphatic carbocycles. The molecule has 0 saturated heterocycles. The van der Waals surface area contributed by atoms with Crippen molar-refractivity contribution in [2.75, 3.05) is 33.2 Å². The number of nitrogens with zero attached hydrogens (tertiary/aromatic N) is 1. The molecule has 4 nitrogen and oxygen atoms in total. The molecule has 0 aliphatic rings. The highest BCUT2D eigenvalue weighted by Crippen LogP contribution is 2.24. The molecule has 0 amide bonds. The molecule has 98 valence electrons. The van der Waals surface area contributed by atoms with Crippen LogP contribution in [0.1, 0.15) is 4.88 Å². The third-order valence-electron chi connectivity index (χ3n) is 2.25. The van der Waals surface area contributed by atoms with Gasteiger partial charge in [0.05, 0.1) is 6.61 Å². The molecule has 0 atom stereocenters. The number of rotatable bonds is 7. The zero-order chi connectivity index (χ0) is 12.9. The van der Waals surface area contributed by atoms with E-state index in [9.17, 15) is 8.42 Å². The van der Waals surface area contributed by atoms with E-state index >= 15 is 0 Å². The maximum absolute atomic E-state index is 12.1. The summed E-state index contributed by atoms with van der Waals surface area (Å²) in [4.78, 5) is 0.985. The lowest BCUT2D eigenvalue weighted by atomic mass is 10.4. The van der Waals surface area contributed by atoms with E-state index in [2.05, 4.69) is 0 Å². The van der Waals surface area contributed by atoms with Gasteiger partial charge < -0.3 is 4.74 Å². The molecule has 0 aromatic carbocycles. The molecule has 1 aromatic rings. The highest BCUT2D eigenvalue weighted by Gasteiger charge is 2.22. The van der Waals surface area contributed by atoms with Crippen molar-refractivity contribution < 1.29 is 13.2 Å². The minimum Gasteiger partial charge on any atom is -0.383 e. The Balaban J connectivity index is 2.81. The van der Waals surface area contributed by atoms with Crippen LogP contribution in [0.15, 0.2) is 16.3 Å². The van der Waals surface area contributed by atoms with Crippen LogP contribution in [0.3, 0.4) is 0 Å². The Labute approximate surface area is 111 Å². The molecule has 1 rings (SSSR count). The predicted molar refractivity (Wildman–Crippen MR) is 70.4 cm³/mol. The molecule has 7 heteroatoms. The van der Waals surface area contributed by atoms with Crippen molar-refractivity contribution >= 4 is 33.0 Å². The fraction of sp³-hybridized carbons (Fsp3) is 0.600. The number of halogens is 1. The van der Waals surface area contributed by atoms with Crippen LogP contribution >= 0.6 is 22.9 Å². The Bertz CT molecular complexity index is 444. The van der Waals surface area contributed by atoms with Crippen molar-refractivity contribution in [3.63, 3.8) is 0 Å². The molecule has 0 aliphatic heterocycles. The van der Waals surface area contributed by atoms with E-state index in [1.165, 1.54) is 15.6 Å². The molecule has 0 N–H and O–H groups in total. The van der Waals surface area contributed by atoms with Crippen molar-refractivity contribution in [3.8, 4) is 0 Å². The average molecular weight is 298 g/mol. The summed E-state index contributed by atoms with van der Waals surface area (Å²) in [5.41, 5.74) is 0. The van der Waals surface area contributed by atoms with E-state index in [0.29, 0.717) is 29.7 Å². The lowest BCUT2D eigenvalue weighted by Gasteiger charge is -2.15. The molecule has 0 radical (unpaired) electrons. The quantitative estimate of drug-likeness (QED) is 0.721. The van der Waals surface area contributed by atoms with Gasteiger partial charge in [0.25, 0.3) is 10.0 Å². The van der Waals surface area contributed by atoms with Crippen molar-refractivity contribution in [3.05, 3.63) is 17.0 Å². The van der Waals surface area contributed by atoms with Gasteiger partial charge in [0.2, 0.25) is 0 Å². The summed E-state index contributed by atoms with van der Waals surface area (Å²) in [6.45, 7) is 0.733. The second-order valence-electron chi connectivity index (χ2n) is 3.48. The molecule has 0 saturated carbocycles. The lowest BCUT2D eigenvalue weighted by Crippen LogP contribution is -2.29. The number of thiophene rings is 1. The highest BCUT2D eigenvalue weighted by molar-refractivity contribution is 7.91. The number of hydrogen-bond donors (Lipinski definition) is 0. The Hall–Kier alpha value is -0.140. The van der Waals surface area contributed by atoms with Crippen LogP contribution in [0.5, 0.6) is 0 Å². The van der Waals surface area contributed by atoms with Gasteiger partial charge in [-0.05, 0) is 18.6 Å². The summed E-state index contributed by atoms with van der Waals surface area (Å²) in [6, 6.07) is 3.44. The lowest BCUT2D eigenvalue weighted by molar-refractivity contribution is 0.185. The maximum atomic E-state index is 12.1. The molecule has 0 unspecified atom stereocenters. The zero-order valence-corrected chi connectivity index (χ0v) is 12.2. The van der Waals surface area contributed by atoms with Gasteiger partial charge in [-0.3, -0.25) is 0 Å². The van der Waals surface area contributed by atoms with Gasteiger partial charge in [0.15, 0.2) is 0 Å². The Morgan fingerprint density at radius 1 is 1.47 bits per heavy atom. The van der Waals surface area contributed by atoms with Gasteiger partial charge in [-0.2, -0.15) is 4.31 Å². The first-order valence-electron chi connectivity index (χ1n) is 5.12. The summed E-state index contributed by atoms with van der Waals surface area (Å²) < 4.78 is 30.7. The third kappa shape index (κ3) is 3.93. The first-order chi connectivity index (χ1) is 8.02. The maximum Gasteiger partial charge on any atom is 0.252 e. The van der Waals surface area contributed by atoms with Crippen LogP contribution in [-0.2, 0) is 21.2 Å². The van der Waals surface area contributed by atoms with E-state index in [0.717, 1.165) is 4.88 Å². The number of likely N-dealkylation sites (N-methyl/N-ethyl adjacent to an activating group) is 1. The van der Waals surface area contributed by atoms with Crippen molar-refractivity contribution in [2.45, 2.75) is 10.6 Å². The first-order valence-corrected chi connectivity index (χ1v) is 7.91. The molecular weight excluding hydrogens is 282 g/mol. The first kappa shape index (κ1) is 14.9. The molecule has 0 fully saturated rings. The summed E-state index contributed by atoms with van der Waals surface area (Å²) in [5, 5.41) is 0. The molecular formula is C10H16ClNO3S2. The summed E-state index contributed by atoms with van der Waals surface area (Å²) >= 11 is 6.89. The van der Waals surface area contributed by atoms with Gasteiger partial charge in [-0.1, -0.05) is 0 Å². The Morgan fingerprint density at radius 3 is 2.76 bits per heavy atom. The van der Waals surface area contributed by atoms with Crippen LogP contribution in [0.25, 0.3) is 0 Å². The van der Waals surface area contributed by atoms with Crippen molar-refractivity contribution in [1.29, 1.82) is 0 Å². The number of sulfonamides is 1. The molecule has 1 heterocycles. The smallest absolute Gasteiger partial charge is 0.252 e. The van der Waals surface area contributed by atoms with Crippen molar-refractivity contribution in [1.82, 2.24) is 4.31 Å². The monoisotopic (exact) mass is 297 g/mol. The third-order valence-corrected chi connectivity index (χ3v) is 5.91. The van der Waals surface area contributed by atoms with Gasteiger partial charge in [-0.15, -0.1) is 22.9 Å². The summed E-state index contributed by atoms with van der Waals surface area (Å²) in [7, 11) is -0.283. The summed E-state index contributed by atoms with van der Waals surface area (Å²) in [5.74, 6) is 0.500. The largest absolute Gasteiger partial charge is 0.383 e. The van der Waals surface area contributed by atoms with Crippen LogP contribution in [-0.4, -0.2) is 45.9 Å². The van der Waals surface area contributed by atoms with Crippen LogP contribution in [0.2, 0.25) is 0 Å². The van der Waals surface area contributed by atoms with Crippen LogP contribution < -0.4 is 0 Å². The fourth-order valence-electron chi connectivity index (χ4n) is 1.22. The second-order valence-corrected chi connectivity index (χ2v) is 7.30. The highest BCUT2D eigenvalue weighted by atomic mass is 35.5.